The second-order valence-electron chi connectivity index (χ2n) is 6.20. The zero-order valence-electron chi connectivity index (χ0n) is 13.1. The summed E-state index contributed by atoms with van der Waals surface area (Å²) in [4.78, 5) is 48.7. The van der Waals surface area contributed by atoms with Gasteiger partial charge in [-0.3, -0.25) is 19.2 Å². The quantitative estimate of drug-likeness (QED) is 0.566. The average molecular weight is 310 g/mol. The summed E-state index contributed by atoms with van der Waals surface area (Å²) in [6, 6.07) is 0. The molecule has 2 aliphatic carbocycles. The van der Waals surface area contributed by atoms with Crippen molar-refractivity contribution >= 4 is 23.5 Å². The molecule has 6 nitrogen and oxygen atoms in total. The fraction of sp³-hybridized carbons (Fsp3) is 0.750. The highest BCUT2D eigenvalue weighted by molar-refractivity contribution is 6.07. The van der Waals surface area contributed by atoms with Crippen LogP contribution in [0.25, 0.3) is 0 Å². The molecule has 2 atom stereocenters. The third-order valence-electron chi connectivity index (χ3n) is 5.21. The number of hydrogen-bond acceptors (Lipinski definition) is 6. The van der Waals surface area contributed by atoms with E-state index in [9.17, 15) is 19.2 Å². The van der Waals surface area contributed by atoms with Crippen LogP contribution in [0, 0.1) is 10.8 Å². The number of carbonyl (C=O) groups is 4. The molecule has 0 radical (unpaired) electrons. The third kappa shape index (κ3) is 2.44. The smallest absolute Gasteiger partial charge is 0.319 e. The summed E-state index contributed by atoms with van der Waals surface area (Å²) in [5, 5.41) is 0. The Kier molecular flexibility index (Phi) is 4.68. The molecule has 2 fully saturated rings. The number of ether oxygens (including phenoxy) is 2. The first kappa shape index (κ1) is 16.6. The van der Waals surface area contributed by atoms with Crippen LogP contribution in [0.4, 0.5) is 0 Å². The van der Waals surface area contributed by atoms with E-state index in [0.717, 1.165) is 0 Å². The first-order valence-electron chi connectivity index (χ1n) is 7.66. The Labute approximate surface area is 129 Å². The van der Waals surface area contributed by atoms with Gasteiger partial charge in [-0.05, 0) is 38.5 Å². The predicted octanol–water partition coefficient (Wildman–Crippen LogP) is 1.59. The van der Waals surface area contributed by atoms with Crippen LogP contribution in [0.15, 0.2) is 0 Å². The van der Waals surface area contributed by atoms with Crippen LogP contribution < -0.4 is 0 Å². The summed E-state index contributed by atoms with van der Waals surface area (Å²) in [6.07, 6.45) is 3.12. The van der Waals surface area contributed by atoms with Crippen molar-refractivity contribution in [2.45, 2.75) is 51.4 Å². The van der Waals surface area contributed by atoms with Crippen molar-refractivity contribution in [2.75, 3.05) is 14.2 Å². The van der Waals surface area contributed by atoms with Gasteiger partial charge in [0, 0.05) is 12.8 Å². The van der Waals surface area contributed by atoms with Crippen molar-refractivity contribution in [3.8, 4) is 0 Å². The number of carbonyl (C=O) groups excluding carboxylic acids is 4. The Morgan fingerprint density at radius 3 is 1.45 bits per heavy atom. The molecule has 0 aromatic carbocycles. The van der Waals surface area contributed by atoms with Crippen molar-refractivity contribution < 1.29 is 28.7 Å². The van der Waals surface area contributed by atoms with Crippen molar-refractivity contribution in [2.24, 2.45) is 10.8 Å². The minimum absolute atomic E-state index is 0.148. The molecule has 22 heavy (non-hydrogen) atoms. The second kappa shape index (κ2) is 6.18. The Morgan fingerprint density at radius 1 is 0.864 bits per heavy atom. The van der Waals surface area contributed by atoms with E-state index in [1.165, 1.54) is 14.2 Å². The molecule has 2 rings (SSSR count). The molecule has 122 valence electrons. The fourth-order valence-electron chi connectivity index (χ4n) is 3.84. The Balaban J connectivity index is 2.24. The molecule has 0 bridgehead atoms. The van der Waals surface area contributed by atoms with E-state index in [2.05, 4.69) is 0 Å². The van der Waals surface area contributed by atoms with Gasteiger partial charge < -0.3 is 9.47 Å². The van der Waals surface area contributed by atoms with Crippen LogP contribution in [0.1, 0.15) is 51.4 Å². The molecule has 0 aromatic heterocycles. The molecule has 0 heterocycles. The Morgan fingerprint density at radius 2 is 1.23 bits per heavy atom. The summed E-state index contributed by atoms with van der Waals surface area (Å²) in [5.41, 5.74) is -2.39. The number of rotatable bonds is 5. The van der Waals surface area contributed by atoms with Crippen LogP contribution in [-0.2, 0) is 28.7 Å². The Hall–Kier alpha value is -1.72. The van der Waals surface area contributed by atoms with Crippen LogP contribution in [-0.4, -0.2) is 37.7 Å². The van der Waals surface area contributed by atoms with Gasteiger partial charge in [0.2, 0.25) is 0 Å². The van der Waals surface area contributed by atoms with Crippen molar-refractivity contribution in [3.63, 3.8) is 0 Å². The molecular formula is C16H22O6. The van der Waals surface area contributed by atoms with Gasteiger partial charge in [0.25, 0.3) is 0 Å². The maximum Gasteiger partial charge on any atom is 0.319 e. The lowest BCUT2D eigenvalue weighted by molar-refractivity contribution is -0.162. The summed E-state index contributed by atoms with van der Waals surface area (Å²) < 4.78 is 9.62. The minimum atomic E-state index is -1.20. The lowest BCUT2D eigenvalue weighted by Gasteiger charge is -2.30. The first-order chi connectivity index (χ1) is 10.4. The molecule has 0 N–H and O–H groups in total. The zero-order valence-corrected chi connectivity index (χ0v) is 13.1. The van der Waals surface area contributed by atoms with E-state index >= 15 is 0 Å². The van der Waals surface area contributed by atoms with E-state index < -0.39 is 22.8 Å². The van der Waals surface area contributed by atoms with Crippen molar-refractivity contribution in [1.29, 1.82) is 0 Å². The lowest BCUT2D eigenvalue weighted by Crippen LogP contribution is -2.42. The van der Waals surface area contributed by atoms with E-state index in [-0.39, 0.29) is 24.4 Å². The first-order valence-corrected chi connectivity index (χ1v) is 7.66. The van der Waals surface area contributed by atoms with Gasteiger partial charge in [0.05, 0.1) is 14.2 Å². The third-order valence-corrected chi connectivity index (χ3v) is 5.21. The van der Waals surface area contributed by atoms with Crippen molar-refractivity contribution in [1.82, 2.24) is 0 Å². The molecule has 0 amide bonds. The van der Waals surface area contributed by atoms with E-state index in [4.69, 9.17) is 9.47 Å². The molecular weight excluding hydrogens is 288 g/mol. The molecule has 0 saturated heterocycles. The highest BCUT2D eigenvalue weighted by Gasteiger charge is 2.55. The number of Topliss-reactive ketones (excluding diaryl/α,β-unsaturated/α-hetero) is 2. The van der Waals surface area contributed by atoms with Crippen LogP contribution in [0.3, 0.4) is 0 Å². The van der Waals surface area contributed by atoms with Gasteiger partial charge in [0.1, 0.15) is 22.4 Å². The summed E-state index contributed by atoms with van der Waals surface area (Å²) in [6.45, 7) is 0. The molecule has 0 aromatic rings. The molecule has 0 aliphatic heterocycles. The molecule has 2 saturated carbocycles. The highest BCUT2D eigenvalue weighted by atomic mass is 16.5. The maximum atomic E-state index is 12.2. The van der Waals surface area contributed by atoms with Crippen molar-refractivity contribution in [3.05, 3.63) is 0 Å². The van der Waals surface area contributed by atoms with Gasteiger partial charge in [0.15, 0.2) is 0 Å². The average Bonchev–Trinajstić information content (AvgIpc) is 3.08. The van der Waals surface area contributed by atoms with Gasteiger partial charge >= 0.3 is 11.9 Å². The van der Waals surface area contributed by atoms with E-state index in [1.54, 1.807) is 0 Å². The highest BCUT2D eigenvalue weighted by Crippen LogP contribution is 2.47. The maximum absolute atomic E-state index is 12.2. The topological polar surface area (TPSA) is 86.7 Å². The normalized spacial score (nSPS) is 31.4. The monoisotopic (exact) mass is 310 g/mol. The molecule has 2 unspecified atom stereocenters. The summed E-state index contributed by atoms with van der Waals surface area (Å²) in [7, 11) is 2.51. The lowest BCUT2D eigenvalue weighted by atomic mass is 9.72. The van der Waals surface area contributed by atoms with Gasteiger partial charge in [-0.25, -0.2) is 0 Å². The standard InChI is InChI=1S/C16H22O6/c1-21-13(19)15(7-3-5-11(15)17)9-10-16(14(20)22-2)8-4-6-12(16)18/h3-10H2,1-2H3. The Bertz CT molecular complexity index is 465. The largest absolute Gasteiger partial charge is 0.468 e. The molecule has 0 spiro atoms. The number of methoxy groups -OCH3 is 2. The SMILES string of the molecule is COC(=O)C1(CCC2(C(=O)OC)CCCC2=O)CCCC1=O. The molecule has 2 aliphatic rings. The zero-order chi connectivity index (χ0) is 16.4. The van der Waals surface area contributed by atoms with E-state index in [0.29, 0.717) is 38.5 Å². The second-order valence-corrected chi connectivity index (χ2v) is 6.20. The number of hydrogen-bond donors (Lipinski definition) is 0. The van der Waals surface area contributed by atoms with Crippen LogP contribution >= 0.6 is 0 Å². The minimum Gasteiger partial charge on any atom is -0.468 e. The predicted molar refractivity (Wildman–Crippen MR) is 75.8 cm³/mol. The summed E-state index contributed by atoms with van der Waals surface area (Å²) in [5.74, 6) is -1.41. The van der Waals surface area contributed by atoms with Gasteiger partial charge in [-0.1, -0.05) is 0 Å². The number of esters is 2. The van der Waals surface area contributed by atoms with Gasteiger partial charge in [-0.15, -0.1) is 0 Å². The fourth-order valence-corrected chi connectivity index (χ4v) is 3.84. The van der Waals surface area contributed by atoms with E-state index in [1.807, 2.05) is 0 Å². The van der Waals surface area contributed by atoms with Gasteiger partial charge in [-0.2, -0.15) is 0 Å². The molecule has 6 heteroatoms. The van der Waals surface area contributed by atoms with Crippen LogP contribution in [0.2, 0.25) is 0 Å². The summed E-state index contributed by atoms with van der Waals surface area (Å²) >= 11 is 0. The van der Waals surface area contributed by atoms with Crippen LogP contribution in [0.5, 0.6) is 0 Å². The number of ketones is 2.